The summed E-state index contributed by atoms with van der Waals surface area (Å²) in [7, 11) is 0. The number of aryl methyl sites for hydroxylation is 2. The fourth-order valence-corrected chi connectivity index (χ4v) is 4.06. The third-order valence-corrected chi connectivity index (χ3v) is 5.62. The van der Waals surface area contributed by atoms with Crippen molar-refractivity contribution in [2.45, 2.75) is 85.6 Å². The number of aromatic nitrogens is 8. The van der Waals surface area contributed by atoms with Crippen molar-refractivity contribution in [3.8, 4) is 0 Å². The summed E-state index contributed by atoms with van der Waals surface area (Å²) in [6.45, 7) is 15.5. The van der Waals surface area contributed by atoms with Crippen LogP contribution < -0.4 is 0 Å². The molecular weight excluding hydrogens is 368 g/mol. The Morgan fingerprint density at radius 2 is 1.66 bits per heavy atom. The molecule has 3 heterocycles. The molecule has 1 atom stereocenters. The van der Waals surface area contributed by atoms with Gasteiger partial charge in [-0.25, -0.2) is 9.36 Å². The van der Waals surface area contributed by atoms with Crippen molar-refractivity contribution in [2.75, 3.05) is 19.6 Å². The van der Waals surface area contributed by atoms with E-state index in [1.807, 2.05) is 9.36 Å². The highest BCUT2D eigenvalue weighted by atomic mass is 15.6. The lowest BCUT2D eigenvalue weighted by Gasteiger charge is -2.36. The summed E-state index contributed by atoms with van der Waals surface area (Å²) >= 11 is 0. The van der Waals surface area contributed by atoms with Gasteiger partial charge in [-0.3, -0.25) is 9.80 Å². The van der Waals surface area contributed by atoms with E-state index in [-0.39, 0.29) is 0 Å². The van der Waals surface area contributed by atoms with Crippen LogP contribution in [0.25, 0.3) is 0 Å². The quantitative estimate of drug-likeness (QED) is 0.557. The van der Waals surface area contributed by atoms with Crippen molar-refractivity contribution in [1.29, 1.82) is 0 Å². The fourth-order valence-electron chi connectivity index (χ4n) is 4.06. The Morgan fingerprint density at radius 1 is 1.00 bits per heavy atom. The highest BCUT2D eigenvalue weighted by molar-refractivity contribution is 4.87. The molecule has 1 fully saturated rings. The zero-order chi connectivity index (χ0) is 20.6. The van der Waals surface area contributed by atoms with E-state index in [9.17, 15) is 0 Å². The number of nitrogens with zero attached hydrogens (tertiary/aromatic N) is 10. The van der Waals surface area contributed by atoms with Crippen molar-refractivity contribution in [3.63, 3.8) is 0 Å². The molecule has 0 radical (unpaired) electrons. The number of likely N-dealkylation sites (tertiary alicyclic amines) is 1. The molecule has 3 rings (SSSR count). The van der Waals surface area contributed by atoms with Gasteiger partial charge in [-0.15, -0.1) is 10.2 Å². The fraction of sp³-hybridized carbons (Fsp3) is 0.895. The predicted octanol–water partition coefficient (Wildman–Crippen LogP) is 1.60. The highest BCUT2D eigenvalue weighted by Gasteiger charge is 2.25. The maximum absolute atomic E-state index is 4.27. The highest BCUT2D eigenvalue weighted by Crippen LogP contribution is 2.21. The molecule has 0 aliphatic carbocycles. The molecule has 0 saturated carbocycles. The van der Waals surface area contributed by atoms with Crippen LogP contribution in [0.5, 0.6) is 0 Å². The smallest absolute Gasteiger partial charge is 0.165 e. The van der Waals surface area contributed by atoms with Gasteiger partial charge in [0.05, 0.1) is 13.1 Å². The van der Waals surface area contributed by atoms with E-state index in [0.717, 1.165) is 70.3 Å². The summed E-state index contributed by atoms with van der Waals surface area (Å²) in [5, 5.41) is 24.5. The molecule has 29 heavy (non-hydrogen) atoms. The largest absolute Gasteiger partial charge is 0.296 e. The lowest BCUT2D eigenvalue weighted by atomic mass is 9.97. The van der Waals surface area contributed by atoms with Crippen LogP contribution in [0, 0.1) is 5.92 Å². The van der Waals surface area contributed by atoms with Crippen LogP contribution in [0.3, 0.4) is 0 Å². The van der Waals surface area contributed by atoms with Gasteiger partial charge in [-0.2, -0.15) is 0 Å². The molecule has 1 aliphatic rings. The molecule has 2 aromatic rings. The second kappa shape index (κ2) is 10.7. The van der Waals surface area contributed by atoms with E-state index < -0.39 is 0 Å². The van der Waals surface area contributed by atoms with Crippen LogP contribution in [0.4, 0.5) is 0 Å². The summed E-state index contributed by atoms with van der Waals surface area (Å²) in [6, 6.07) is 0.453. The van der Waals surface area contributed by atoms with Crippen LogP contribution in [0.2, 0.25) is 0 Å². The third kappa shape index (κ3) is 6.02. The second-order valence-corrected chi connectivity index (χ2v) is 8.40. The van der Waals surface area contributed by atoms with Gasteiger partial charge in [0, 0.05) is 32.2 Å². The summed E-state index contributed by atoms with van der Waals surface area (Å²) in [6.07, 6.45) is 4.56. The van der Waals surface area contributed by atoms with Crippen LogP contribution in [-0.2, 0) is 26.2 Å². The average molecular weight is 405 g/mol. The molecule has 0 bridgehead atoms. The van der Waals surface area contributed by atoms with Crippen molar-refractivity contribution in [1.82, 2.24) is 50.2 Å². The van der Waals surface area contributed by atoms with Gasteiger partial charge in [-0.05, 0) is 72.8 Å². The minimum absolute atomic E-state index is 0.453. The van der Waals surface area contributed by atoms with Crippen LogP contribution in [0.1, 0.15) is 65.0 Å². The standard InChI is InChI=1S/C19H36N10/c1-5-9-28-18(20-22-24-28)14-26-11-7-8-17(12-26)13-27(16(3)4)15-19-21-23-25-29(19)10-6-2/h16-17H,5-15H2,1-4H3/t17-/m1/s1. The molecule has 0 unspecified atom stereocenters. The molecule has 2 aromatic heterocycles. The summed E-state index contributed by atoms with van der Waals surface area (Å²) in [5.74, 6) is 2.58. The second-order valence-electron chi connectivity index (χ2n) is 8.40. The van der Waals surface area contributed by atoms with Gasteiger partial charge in [0.15, 0.2) is 11.6 Å². The zero-order valence-electron chi connectivity index (χ0n) is 18.4. The van der Waals surface area contributed by atoms with Crippen LogP contribution >= 0.6 is 0 Å². The first kappa shape index (κ1) is 21.8. The summed E-state index contributed by atoms with van der Waals surface area (Å²) in [5.41, 5.74) is 0. The van der Waals surface area contributed by atoms with E-state index in [1.54, 1.807) is 0 Å². The Labute approximate surface area is 173 Å². The molecule has 0 amide bonds. The van der Waals surface area contributed by atoms with Crippen molar-refractivity contribution >= 4 is 0 Å². The lowest BCUT2D eigenvalue weighted by molar-refractivity contribution is 0.104. The molecule has 0 spiro atoms. The van der Waals surface area contributed by atoms with Gasteiger partial charge in [0.25, 0.3) is 0 Å². The minimum atomic E-state index is 0.453. The Balaban J connectivity index is 1.58. The van der Waals surface area contributed by atoms with E-state index in [2.05, 4.69) is 68.5 Å². The molecule has 10 heteroatoms. The van der Waals surface area contributed by atoms with Gasteiger partial charge < -0.3 is 0 Å². The first-order chi connectivity index (χ1) is 14.1. The zero-order valence-corrected chi connectivity index (χ0v) is 18.4. The van der Waals surface area contributed by atoms with Gasteiger partial charge in [0.2, 0.25) is 0 Å². The molecule has 0 aromatic carbocycles. The van der Waals surface area contributed by atoms with Crippen molar-refractivity contribution in [3.05, 3.63) is 11.6 Å². The number of tetrazole rings is 2. The Kier molecular flexibility index (Phi) is 8.05. The molecule has 1 aliphatic heterocycles. The molecular formula is C19H36N10. The minimum Gasteiger partial charge on any atom is -0.296 e. The third-order valence-electron chi connectivity index (χ3n) is 5.62. The summed E-state index contributed by atoms with van der Waals surface area (Å²) in [4.78, 5) is 5.01. The molecule has 1 saturated heterocycles. The van der Waals surface area contributed by atoms with E-state index >= 15 is 0 Å². The average Bonchev–Trinajstić information content (AvgIpc) is 3.32. The number of rotatable bonds is 11. The SMILES string of the molecule is CCCn1nnnc1CN1CCC[C@@H](CN(Cc2nnnn2CCC)C(C)C)C1. The normalized spacial score (nSPS) is 18.2. The van der Waals surface area contributed by atoms with E-state index in [4.69, 9.17) is 0 Å². The predicted molar refractivity (Wildman–Crippen MR) is 110 cm³/mol. The van der Waals surface area contributed by atoms with Crippen molar-refractivity contribution in [2.24, 2.45) is 5.92 Å². The Morgan fingerprint density at radius 3 is 2.31 bits per heavy atom. The first-order valence-corrected chi connectivity index (χ1v) is 11.1. The monoisotopic (exact) mass is 404 g/mol. The van der Waals surface area contributed by atoms with E-state index in [1.165, 1.54) is 12.8 Å². The number of hydrogen-bond donors (Lipinski definition) is 0. The van der Waals surface area contributed by atoms with Gasteiger partial charge >= 0.3 is 0 Å². The van der Waals surface area contributed by atoms with Crippen LogP contribution in [0.15, 0.2) is 0 Å². The Bertz CT molecular complexity index is 724. The topological polar surface area (TPSA) is 93.7 Å². The van der Waals surface area contributed by atoms with Crippen LogP contribution in [-0.4, -0.2) is 75.9 Å². The maximum atomic E-state index is 4.27. The Hall–Kier alpha value is -1.94. The van der Waals surface area contributed by atoms with Gasteiger partial charge in [0.1, 0.15) is 0 Å². The molecule has 0 N–H and O–H groups in total. The first-order valence-electron chi connectivity index (χ1n) is 11.1. The number of hydrogen-bond acceptors (Lipinski definition) is 8. The number of piperidine rings is 1. The lowest BCUT2D eigenvalue weighted by Crippen LogP contribution is -2.43. The van der Waals surface area contributed by atoms with Gasteiger partial charge in [-0.1, -0.05) is 13.8 Å². The molecule has 162 valence electrons. The summed E-state index contributed by atoms with van der Waals surface area (Å²) < 4.78 is 3.88. The maximum Gasteiger partial charge on any atom is 0.165 e. The van der Waals surface area contributed by atoms with Crippen molar-refractivity contribution < 1.29 is 0 Å². The molecule has 10 nitrogen and oxygen atoms in total. The van der Waals surface area contributed by atoms with E-state index in [0.29, 0.717) is 12.0 Å².